The van der Waals surface area contributed by atoms with Gasteiger partial charge in [-0.25, -0.2) is 0 Å². The number of carboxylic acid groups (broad SMARTS) is 1. The van der Waals surface area contributed by atoms with Gasteiger partial charge in [-0.15, -0.1) is 0 Å². The monoisotopic (exact) mass is 159 g/mol. The Morgan fingerprint density at radius 2 is 1.91 bits per heavy atom. The summed E-state index contributed by atoms with van der Waals surface area (Å²) in [7, 11) is 0. The van der Waals surface area contributed by atoms with Gasteiger partial charge in [0.1, 0.15) is 6.04 Å². The summed E-state index contributed by atoms with van der Waals surface area (Å²) in [6, 6.07) is -0.711. The van der Waals surface area contributed by atoms with Crippen molar-refractivity contribution in [2.75, 3.05) is 0 Å². The molecule has 66 valence electrons. The summed E-state index contributed by atoms with van der Waals surface area (Å²) in [5, 5.41) is 8.54. The molecule has 2 atom stereocenters. The summed E-state index contributed by atoms with van der Waals surface area (Å²) in [5.74, 6) is -0.332. The summed E-state index contributed by atoms with van der Waals surface area (Å²) < 4.78 is 0. The molecule has 0 amide bonds. The second-order valence-corrected chi connectivity index (χ2v) is 3.47. The van der Waals surface area contributed by atoms with Crippen LogP contribution in [0.15, 0.2) is 0 Å². The molecule has 0 aromatic heterocycles. The number of carboxylic acids is 1. The lowest BCUT2D eigenvalue weighted by atomic mass is 9.93. The third-order valence-electron chi connectivity index (χ3n) is 1.74. The van der Waals surface area contributed by atoms with Crippen molar-refractivity contribution in [2.45, 2.75) is 33.2 Å². The van der Waals surface area contributed by atoms with Crippen LogP contribution in [0.2, 0.25) is 0 Å². The van der Waals surface area contributed by atoms with E-state index in [0.717, 1.165) is 6.42 Å². The lowest BCUT2D eigenvalue weighted by Gasteiger charge is -2.17. The highest BCUT2D eigenvalue weighted by Crippen LogP contribution is 2.13. The minimum atomic E-state index is -0.904. The summed E-state index contributed by atoms with van der Waals surface area (Å²) in [6.45, 7) is 5.99. The fourth-order valence-electron chi connectivity index (χ4n) is 1.13. The fourth-order valence-corrected chi connectivity index (χ4v) is 1.13. The molecule has 0 aliphatic carbocycles. The van der Waals surface area contributed by atoms with Gasteiger partial charge >= 0.3 is 5.97 Å². The van der Waals surface area contributed by atoms with Gasteiger partial charge in [-0.1, -0.05) is 20.8 Å². The Morgan fingerprint density at radius 1 is 1.45 bits per heavy atom. The first-order chi connectivity index (χ1) is 4.95. The highest BCUT2D eigenvalue weighted by atomic mass is 16.4. The minimum Gasteiger partial charge on any atom is -0.480 e. The molecule has 0 bridgehead atoms. The van der Waals surface area contributed by atoms with Crippen molar-refractivity contribution in [3.63, 3.8) is 0 Å². The molecule has 0 rings (SSSR count). The Balaban J connectivity index is 3.82. The molecule has 0 aromatic rings. The lowest BCUT2D eigenvalue weighted by Crippen LogP contribution is -2.37. The molecule has 3 N–H and O–H groups in total. The average molecular weight is 159 g/mol. The van der Waals surface area contributed by atoms with Gasteiger partial charge in [0.25, 0.3) is 0 Å². The van der Waals surface area contributed by atoms with E-state index in [0.29, 0.717) is 5.92 Å². The van der Waals surface area contributed by atoms with Crippen molar-refractivity contribution in [1.29, 1.82) is 0 Å². The normalized spacial score (nSPS) is 16.5. The van der Waals surface area contributed by atoms with Gasteiger partial charge < -0.3 is 10.8 Å². The lowest BCUT2D eigenvalue weighted by molar-refractivity contribution is -0.139. The number of carbonyl (C=O) groups is 1. The molecule has 3 heteroatoms. The maximum atomic E-state index is 10.4. The van der Waals surface area contributed by atoms with Crippen LogP contribution in [0.1, 0.15) is 27.2 Å². The maximum Gasteiger partial charge on any atom is 0.320 e. The van der Waals surface area contributed by atoms with Crippen LogP contribution in [0.25, 0.3) is 0 Å². The molecule has 0 aliphatic heterocycles. The number of hydrogen-bond acceptors (Lipinski definition) is 2. The summed E-state index contributed by atoms with van der Waals surface area (Å²) in [5.41, 5.74) is 5.41. The van der Waals surface area contributed by atoms with E-state index in [1.165, 1.54) is 0 Å². The van der Waals surface area contributed by atoms with Crippen LogP contribution < -0.4 is 5.73 Å². The zero-order valence-corrected chi connectivity index (χ0v) is 7.37. The number of aliphatic carboxylic acids is 1. The Morgan fingerprint density at radius 3 is 2.18 bits per heavy atom. The van der Waals surface area contributed by atoms with Gasteiger partial charge in [-0.05, 0) is 18.3 Å². The van der Waals surface area contributed by atoms with Gasteiger partial charge in [-0.3, -0.25) is 4.79 Å². The summed E-state index contributed by atoms with van der Waals surface area (Å²) >= 11 is 0. The van der Waals surface area contributed by atoms with Gasteiger partial charge in [0.05, 0.1) is 0 Å². The highest BCUT2D eigenvalue weighted by Gasteiger charge is 2.20. The predicted octanol–water partition coefficient (Wildman–Crippen LogP) is 1.08. The van der Waals surface area contributed by atoms with Crippen molar-refractivity contribution in [3.05, 3.63) is 0 Å². The molecule has 0 fully saturated rings. The van der Waals surface area contributed by atoms with E-state index in [4.69, 9.17) is 10.8 Å². The zero-order valence-electron chi connectivity index (χ0n) is 7.37. The van der Waals surface area contributed by atoms with Gasteiger partial charge in [0.15, 0.2) is 0 Å². The molecule has 0 saturated carbocycles. The van der Waals surface area contributed by atoms with E-state index in [2.05, 4.69) is 13.8 Å². The first-order valence-corrected chi connectivity index (χ1v) is 3.93. The Kier molecular flexibility index (Phi) is 4.11. The summed E-state index contributed by atoms with van der Waals surface area (Å²) in [6.07, 6.45) is 0.869. The molecule has 0 saturated heterocycles. The van der Waals surface area contributed by atoms with Crippen molar-refractivity contribution in [3.8, 4) is 0 Å². The van der Waals surface area contributed by atoms with Gasteiger partial charge in [0.2, 0.25) is 0 Å². The molecule has 2 unspecified atom stereocenters. The largest absolute Gasteiger partial charge is 0.480 e. The van der Waals surface area contributed by atoms with Crippen LogP contribution >= 0.6 is 0 Å². The SMILES string of the molecule is CC(C)CC(C)C(N)C(=O)O. The number of hydrogen-bond donors (Lipinski definition) is 2. The standard InChI is InChI=1S/C8H17NO2/c1-5(2)4-6(3)7(9)8(10)11/h5-7H,4,9H2,1-3H3,(H,10,11). The van der Waals surface area contributed by atoms with Gasteiger partial charge in [0, 0.05) is 0 Å². The van der Waals surface area contributed by atoms with Gasteiger partial charge in [-0.2, -0.15) is 0 Å². The minimum absolute atomic E-state index is 0.0625. The molecule has 3 nitrogen and oxygen atoms in total. The second-order valence-electron chi connectivity index (χ2n) is 3.47. The summed E-state index contributed by atoms with van der Waals surface area (Å²) in [4.78, 5) is 10.4. The molecule has 0 heterocycles. The maximum absolute atomic E-state index is 10.4. The molecule has 0 aliphatic rings. The van der Waals surface area contributed by atoms with Crippen molar-refractivity contribution < 1.29 is 9.90 Å². The molecule has 11 heavy (non-hydrogen) atoms. The third kappa shape index (κ3) is 3.98. The van der Waals surface area contributed by atoms with Crippen LogP contribution in [0.4, 0.5) is 0 Å². The van der Waals surface area contributed by atoms with E-state index in [1.54, 1.807) is 0 Å². The van der Waals surface area contributed by atoms with E-state index in [9.17, 15) is 4.79 Å². The van der Waals surface area contributed by atoms with E-state index >= 15 is 0 Å². The van der Waals surface area contributed by atoms with E-state index < -0.39 is 12.0 Å². The quantitative estimate of drug-likeness (QED) is 0.645. The number of nitrogens with two attached hydrogens (primary N) is 1. The Hall–Kier alpha value is -0.570. The Labute approximate surface area is 67.6 Å². The second kappa shape index (κ2) is 4.34. The topological polar surface area (TPSA) is 63.3 Å². The molecule has 0 aromatic carbocycles. The first-order valence-electron chi connectivity index (χ1n) is 3.93. The third-order valence-corrected chi connectivity index (χ3v) is 1.74. The molecular formula is C8H17NO2. The van der Waals surface area contributed by atoms with E-state index in [1.807, 2.05) is 6.92 Å². The van der Waals surface area contributed by atoms with Crippen molar-refractivity contribution >= 4 is 5.97 Å². The van der Waals surface area contributed by atoms with Crippen molar-refractivity contribution in [2.24, 2.45) is 17.6 Å². The smallest absolute Gasteiger partial charge is 0.320 e. The fraction of sp³-hybridized carbons (Fsp3) is 0.875. The van der Waals surface area contributed by atoms with Crippen LogP contribution in [0.3, 0.4) is 0 Å². The van der Waals surface area contributed by atoms with Crippen molar-refractivity contribution in [1.82, 2.24) is 0 Å². The van der Waals surface area contributed by atoms with Crippen LogP contribution in [0, 0.1) is 11.8 Å². The Bertz CT molecular complexity index is 134. The van der Waals surface area contributed by atoms with E-state index in [-0.39, 0.29) is 5.92 Å². The first kappa shape index (κ1) is 10.4. The van der Waals surface area contributed by atoms with Crippen LogP contribution in [-0.2, 0) is 4.79 Å². The predicted molar refractivity (Wildman–Crippen MR) is 44.2 cm³/mol. The molecular weight excluding hydrogens is 142 g/mol. The number of rotatable bonds is 4. The molecule has 0 spiro atoms. The zero-order chi connectivity index (χ0) is 9.02. The van der Waals surface area contributed by atoms with Crippen LogP contribution in [0.5, 0.6) is 0 Å². The van der Waals surface area contributed by atoms with Crippen LogP contribution in [-0.4, -0.2) is 17.1 Å². The highest BCUT2D eigenvalue weighted by molar-refractivity contribution is 5.73. The average Bonchev–Trinajstić information content (AvgIpc) is 1.84. The molecule has 0 radical (unpaired) electrons.